The molecule has 3 N–H and O–H groups in total. The Morgan fingerprint density at radius 3 is 2.24 bits per heavy atom. The van der Waals surface area contributed by atoms with Crippen LogP contribution in [0.2, 0.25) is 0 Å². The van der Waals surface area contributed by atoms with E-state index in [1.165, 1.54) is 0 Å². The normalized spacial score (nSPS) is 16.4. The van der Waals surface area contributed by atoms with E-state index in [-0.39, 0.29) is 12.3 Å². The number of aliphatic carboxylic acids is 1. The van der Waals surface area contributed by atoms with Crippen molar-refractivity contribution in [3.05, 3.63) is 60.2 Å². The first-order valence-electron chi connectivity index (χ1n) is 11.5. The maximum absolute atomic E-state index is 13.3. The topological polar surface area (TPSA) is 95.5 Å². The van der Waals surface area contributed by atoms with Gasteiger partial charge in [0.05, 0.1) is 5.25 Å². The number of thiol groups is 1. The van der Waals surface area contributed by atoms with Crippen molar-refractivity contribution in [3.8, 4) is 11.1 Å². The largest absolute Gasteiger partial charge is 0.480 e. The highest BCUT2D eigenvalue weighted by atomic mass is 32.2. The maximum atomic E-state index is 13.3. The lowest BCUT2D eigenvalue weighted by Crippen LogP contribution is -2.61. The summed E-state index contributed by atoms with van der Waals surface area (Å²) in [5, 5.41) is 14.9. The van der Waals surface area contributed by atoms with E-state index in [0.29, 0.717) is 19.3 Å². The average molecular weight is 501 g/mol. The Hall–Kier alpha value is -2.45. The summed E-state index contributed by atoms with van der Waals surface area (Å²) < 4.78 is 0. The Kier molecular flexibility index (Phi) is 9.47. The van der Waals surface area contributed by atoms with Gasteiger partial charge in [0.1, 0.15) is 11.6 Å². The van der Waals surface area contributed by atoms with Crippen LogP contribution in [0.15, 0.2) is 54.6 Å². The summed E-state index contributed by atoms with van der Waals surface area (Å²) in [4.78, 5) is 37.9. The number of carbonyl (C=O) groups excluding carboxylic acids is 2. The molecule has 1 aliphatic rings. The van der Waals surface area contributed by atoms with Gasteiger partial charge >= 0.3 is 5.97 Å². The lowest BCUT2D eigenvalue weighted by Gasteiger charge is -2.31. The average Bonchev–Trinajstić information content (AvgIpc) is 3.32. The Morgan fingerprint density at radius 2 is 1.65 bits per heavy atom. The van der Waals surface area contributed by atoms with Crippen molar-refractivity contribution in [2.45, 2.75) is 55.4 Å². The Balaban J connectivity index is 1.68. The third-order valence-corrected chi connectivity index (χ3v) is 7.39. The molecule has 1 aliphatic carbocycles. The number of carbonyl (C=O) groups is 3. The number of rotatable bonds is 11. The van der Waals surface area contributed by atoms with Gasteiger partial charge in [0.2, 0.25) is 11.8 Å². The van der Waals surface area contributed by atoms with E-state index in [1.807, 2.05) is 60.9 Å². The molecule has 8 heteroatoms. The molecule has 1 saturated carbocycles. The van der Waals surface area contributed by atoms with Gasteiger partial charge in [-0.2, -0.15) is 24.4 Å². The number of hydrogen-bond acceptors (Lipinski definition) is 5. The van der Waals surface area contributed by atoms with Crippen LogP contribution in [-0.4, -0.2) is 51.7 Å². The molecule has 182 valence electrons. The van der Waals surface area contributed by atoms with Crippen molar-refractivity contribution in [2.75, 3.05) is 12.0 Å². The minimum atomic E-state index is -1.10. The summed E-state index contributed by atoms with van der Waals surface area (Å²) in [5.74, 6) is -1.02. The summed E-state index contributed by atoms with van der Waals surface area (Å²) in [6.07, 6.45) is 5.31. The molecule has 0 spiro atoms. The smallest absolute Gasteiger partial charge is 0.326 e. The predicted octanol–water partition coefficient (Wildman–Crippen LogP) is 3.95. The van der Waals surface area contributed by atoms with Crippen molar-refractivity contribution in [1.82, 2.24) is 10.6 Å². The molecule has 0 heterocycles. The first-order chi connectivity index (χ1) is 16.3. The van der Waals surface area contributed by atoms with Crippen LogP contribution in [0.3, 0.4) is 0 Å². The molecule has 3 rings (SSSR count). The summed E-state index contributed by atoms with van der Waals surface area (Å²) >= 11 is 6.02. The molecule has 2 atom stereocenters. The van der Waals surface area contributed by atoms with Crippen LogP contribution in [0.4, 0.5) is 0 Å². The molecule has 2 aromatic rings. The summed E-state index contributed by atoms with van der Waals surface area (Å²) in [6, 6.07) is 16.5. The predicted molar refractivity (Wildman–Crippen MR) is 140 cm³/mol. The number of benzene rings is 2. The van der Waals surface area contributed by atoms with Gasteiger partial charge in [0, 0.05) is 6.42 Å². The van der Waals surface area contributed by atoms with Gasteiger partial charge in [-0.25, -0.2) is 4.79 Å². The lowest BCUT2D eigenvalue weighted by atomic mass is 9.94. The van der Waals surface area contributed by atoms with Crippen LogP contribution >= 0.6 is 24.4 Å². The molecule has 1 fully saturated rings. The van der Waals surface area contributed by atoms with Crippen molar-refractivity contribution in [1.29, 1.82) is 0 Å². The highest BCUT2D eigenvalue weighted by molar-refractivity contribution is 7.98. The number of carboxylic acid groups (broad SMARTS) is 1. The Bertz CT molecular complexity index is 976. The van der Waals surface area contributed by atoms with Gasteiger partial charge in [-0.1, -0.05) is 67.4 Å². The molecule has 0 bridgehead atoms. The fourth-order valence-electron chi connectivity index (χ4n) is 4.26. The van der Waals surface area contributed by atoms with E-state index >= 15 is 0 Å². The second-order valence-corrected chi connectivity index (χ2v) is 10.3. The molecular formula is C26H32N2O4S2. The number of hydrogen-bond donors (Lipinski definition) is 4. The molecule has 0 aromatic heterocycles. The van der Waals surface area contributed by atoms with Crippen LogP contribution in [0.25, 0.3) is 11.1 Å². The Morgan fingerprint density at radius 1 is 1.03 bits per heavy atom. The molecule has 2 amide bonds. The zero-order chi connectivity index (χ0) is 24.6. The minimum Gasteiger partial charge on any atom is -0.480 e. The number of thioether (sulfide) groups is 1. The van der Waals surface area contributed by atoms with E-state index in [2.05, 4.69) is 23.3 Å². The van der Waals surface area contributed by atoms with E-state index in [4.69, 9.17) is 0 Å². The van der Waals surface area contributed by atoms with Gasteiger partial charge in [-0.3, -0.25) is 9.59 Å². The zero-order valence-corrected chi connectivity index (χ0v) is 21.0. The summed E-state index contributed by atoms with van der Waals surface area (Å²) in [5.41, 5.74) is 1.85. The van der Waals surface area contributed by atoms with Crippen molar-refractivity contribution in [2.24, 2.45) is 0 Å². The van der Waals surface area contributed by atoms with Crippen LogP contribution in [0.5, 0.6) is 0 Å². The standard InChI is InChI=1S/C26H32N2O4S2/c1-34-16-13-22(33)23(29)28-26(14-5-6-15-26)25(32)27-21(24(30)31)17-18-9-11-20(12-10-18)19-7-3-2-4-8-19/h2-4,7-12,21-22,33H,5-6,13-17H2,1H3,(H,27,32)(H,28,29)(H,30,31)/t21?,22-/m1/s1. The monoisotopic (exact) mass is 500 g/mol. The first-order valence-corrected chi connectivity index (χ1v) is 13.4. The highest BCUT2D eigenvalue weighted by Crippen LogP contribution is 2.31. The number of nitrogens with one attached hydrogen (secondary N) is 2. The molecular weight excluding hydrogens is 468 g/mol. The quantitative estimate of drug-likeness (QED) is 0.351. The fraction of sp³-hybridized carbons (Fsp3) is 0.423. The Labute approximate surface area is 210 Å². The molecule has 34 heavy (non-hydrogen) atoms. The minimum absolute atomic E-state index is 0.156. The summed E-state index contributed by atoms with van der Waals surface area (Å²) in [6.45, 7) is 0. The fourth-order valence-corrected chi connectivity index (χ4v) is 5.10. The van der Waals surface area contributed by atoms with Gasteiger partial charge in [0.25, 0.3) is 0 Å². The number of carboxylic acids is 1. The van der Waals surface area contributed by atoms with E-state index < -0.39 is 28.7 Å². The molecule has 1 unspecified atom stereocenters. The van der Waals surface area contributed by atoms with Gasteiger partial charge < -0.3 is 15.7 Å². The van der Waals surface area contributed by atoms with Crippen molar-refractivity contribution in [3.63, 3.8) is 0 Å². The summed E-state index contributed by atoms with van der Waals surface area (Å²) in [7, 11) is 0. The van der Waals surface area contributed by atoms with Gasteiger partial charge in [0.15, 0.2) is 0 Å². The lowest BCUT2D eigenvalue weighted by molar-refractivity contribution is -0.143. The second kappa shape index (κ2) is 12.3. The van der Waals surface area contributed by atoms with Gasteiger partial charge in [-0.05, 0) is 48.0 Å². The SMILES string of the molecule is CSCC[C@@H](S)C(=O)NC1(C(=O)NC(Cc2ccc(-c3ccccc3)cc2)C(=O)O)CCCC1. The van der Waals surface area contributed by atoms with Crippen LogP contribution in [0.1, 0.15) is 37.7 Å². The third-order valence-electron chi connectivity index (χ3n) is 6.26. The van der Waals surface area contributed by atoms with E-state index in [1.54, 1.807) is 11.8 Å². The van der Waals surface area contributed by atoms with Crippen LogP contribution < -0.4 is 10.6 Å². The van der Waals surface area contributed by atoms with E-state index in [9.17, 15) is 19.5 Å². The molecule has 0 radical (unpaired) electrons. The molecule has 2 aromatic carbocycles. The highest BCUT2D eigenvalue weighted by Gasteiger charge is 2.44. The van der Waals surface area contributed by atoms with Crippen molar-refractivity contribution >= 4 is 42.2 Å². The first kappa shape index (κ1) is 26.2. The van der Waals surface area contributed by atoms with Crippen molar-refractivity contribution < 1.29 is 19.5 Å². The second-order valence-electron chi connectivity index (χ2n) is 8.71. The van der Waals surface area contributed by atoms with Gasteiger partial charge in [-0.15, -0.1) is 0 Å². The molecule has 0 aliphatic heterocycles. The molecule has 6 nitrogen and oxygen atoms in total. The third kappa shape index (κ3) is 6.79. The van der Waals surface area contributed by atoms with Crippen LogP contribution in [-0.2, 0) is 20.8 Å². The van der Waals surface area contributed by atoms with Crippen LogP contribution in [0, 0.1) is 0 Å². The number of amides is 2. The van der Waals surface area contributed by atoms with E-state index in [0.717, 1.165) is 35.3 Å². The zero-order valence-electron chi connectivity index (χ0n) is 19.3. The molecule has 0 saturated heterocycles. The maximum Gasteiger partial charge on any atom is 0.326 e.